The van der Waals surface area contributed by atoms with Gasteiger partial charge in [0.05, 0.1) is 15.9 Å². The highest BCUT2D eigenvalue weighted by molar-refractivity contribution is 9.10. The molecule has 0 fully saturated rings. The molecule has 8 heteroatoms. The molecule has 0 radical (unpaired) electrons. The van der Waals surface area contributed by atoms with Gasteiger partial charge in [-0.1, -0.05) is 47.5 Å². The number of hydrogen-bond acceptors (Lipinski definition) is 3. The zero-order valence-corrected chi connectivity index (χ0v) is 16.4. The molecule has 0 spiro atoms. The van der Waals surface area contributed by atoms with Crippen molar-refractivity contribution in [2.24, 2.45) is 0 Å². The Morgan fingerprint density at radius 3 is 2.52 bits per heavy atom. The van der Waals surface area contributed by atoms with Gasteiger partial charge in [0.25, 0.3) is 10.0 Å². The van der Waals surface area contributed by atoms with Gasteiger partial charge in [0.1, 0.15) is 0 Å². The fourth-order valence-corrected chi connectivity index (χ4v) is 4.01. The SMILES string of the molecule is Cc1ccc(S(=O)(=O)Nc2nn(Cc3ccccc3Cl)cc2Br)cc1. The number of benzene rings is 2. The lowest BCUT2D eigenvalue weighted by Gasteiger charge is -2.07. The second-order valence-corrected chi connectivity index (χ2v) is 8.48. The third-order valence-electron chi connectivity index (χ3n) is 3.57. The van der Waals surface area contributed by atoms with Crippen molar-refractivity contribution >= 4 is 43.4 Å². The first-order valence-corrected chi connectivity index (χ1v) is 10.1. The molecule has 0 aliphatic rings. The summed E-state index contributed by atoms with van der Waals surface area (Å²) >= 11 is 9.50. The molecule has 0 saturated heterocycles. The first-order chi connectivity index (χ1) is 11.8. The molecule has 0 saturated carbocycles. The van der Waals surface area contributed by atoms with Crippen molar-refractivity contribution in [2.75, 3.05) is 4.72 Å². The van der Waals surface area contributed by atoms with Crippen LogP contribution in [0.3, 0.4) is 0 Å². The number of nitrogens with one attached hydrogen (secondary N) is 1. The molecular weight excluding hydrogens is 426 g/mol. The van der Waals surface area contributed by atoms with E-state index in [0.717, 1.165) is 11.1 Å². The highest BCUT2D eigenvalue weighted by Gasteiger charge is 2.18. The van der Waals surface area contributed by atoms with Crippen LogP contribution >= 0.6 is 27.5 Å². The normalized spacial score (nSPS) is 11.5. The number of anilines is 1. The predicted octanol–water partition coefficient (Wildman–Crippen LogP) is 4.46. The summed E-state index contributed by atoms with van der Waals surface area (Å²) in [5, 5.41) is 4.93. The van der Waals surface area contributed by atoms with Crippen LogP contribution in [-0.4, -0.2) is 18.2 Å². The van der Waals surface area contributed by atoms with Gasteiger partial charge in [-0.25, -0.2) is 8.42 Å². The van der Waals surface area contributed by atoms with E-state index >= 15 is 0 Å². The standard InChI is InChI=1S/C17H15BrClN3O2S/c1-12-6-8-14(9-7-12)25(23,24)21-17-15(18)11-22(20-17)10-13-4-2-3-5-16(13)19/h2-9,11H,10H2,1H3,(H,20,21). The van der Waals surface area contributed by atoms with Crippen LogP contribution in [0.2, 0.25) is 5.02 Å². The van der Waals surface area contributed by atoms with Crippen molar-refractivity contribution in [2.45, 2.75) is 18.4 Å². The molecule has 5 nitrogen and oxygen atoms in total. The molecule has 1 aromatic heterocycles. The van der Waals surface area contributed by atoms with E-state index in [1.807, 2.05) is 25.1 Å². The van der Waals surface area contributed by atoms with Crippen molar-refractivity contribution in [3.8, 4) is 0 Å². The molecule has 3 aromatic rings. The van der Waals surface area contributed by atoms with Crippen molar-refractivity contribution in [3.05, 3.63) is 75.4 Å². The van der Waals surface area contributed by atoms with E-state index < -0.39 is 10.0 Å². The van der Waals surface area contributed by atoms with Gasteiger partial charge in [-0.15, -0.1) is 0 Å². The summed E-state index contributed by atoms with van der Waals surface area (Å²) < 4.78 is 29.6. The lowest BCUT2D eigenvalue weighted by molar-refractivity contribution is 0.600. The van der Waals surface area contributed by atoms with Crippen LogP contribution in [-0.2, 0) is 16.6 Å². The lowest BCUT2D eigenvalue weighted by Crippen LogP contribution is -2.14. The summed E-state index contributed by atoms with van der Waals surface area (Å²) in [5.41, 5.74) is 1.89. The Balaban J connectivity index is 1.83. The minimum Gasteiger partial charge on any atom is -0.265 e. The van der Waals surface area contributed by atoms with Gasteiger partial charge in [-0.05, 0) is 46.6 Å². The van der Waals surface area contributed by atoms with Crippen LogP contribution < -0.4 is 4.72 Å². The number of rotatable bonds is 5. The molecule has 3 rings (SSSR count). The Kier molecular flexibility index (Phi) is 5.17. The van der Waals surface area contributed by atoms with Gasteiger partial charge in [0, 0.05) is 11.2 Å². The number of aromatic nitrogens is 2. The number of sulfonamides is 1. The number of halogens is 2. The van der Waals surface area contributed by atoms with Crippen molar-refractivity contribution in [3.63, 3.8) is 0 Å². The van der Waals surface area contributed by atoms with Gasteiger partial charge in [-0.3, -0.25) is 9.40 Å². The van der Waals surface area contributed by atoms with Crippen LogP contribution in [0.5, 0.6) is 0 Å². The third-order valence-corrected chi connectivity index (χ3v) is 5.87. The quantitative estimate of drug-likeness (QED) is 0.637. The number of hydrogen-bond donors (Lipinski definition) is 1. The molecule has 1 N–H and O–H groups in total. The topological polar surface area (TPSA) is 64.0 Å². The molecule has 2 aromatic carbocycles. The van der Waals surface area contributed by atoms with Crippen LogP contribution in [0, 0.1) is 6.92 Å². The second kappa shape index (κ2) is 7.19. The molecule has 25 heavy (non-hydrogen) atoms. The van der Waals surface area contributed by atoms with Crippen molar-refractivity contribution < 1.29 is 8.42 Å². The largest absolute Gasteiger partial charge is 0.265 e. The molecule has 0 atom stereocenters. The van der Waals surface area contributed by atoms with E-state index in [1.165, 1.54) is 0 Å². The first-order valence-electron chi connectivity index (χ1n) is 7.41. The minimum absolute atomic E-state index is 0.186. The van der Waals surface area contributed by atoms with E-state index in [-0.39, 0.29) is 10.7 Å². The Morgan fingerprint density at radius 2 is 1.84 bits per heavy atom. The van der Waals surface area contributed by atoms with Crippen molar-refractivity contribution in [1.82, 2.24) is 9.78 Å². The molecular formula is C17H15BrClN3O2S. The number of aryl methyl sites for hydroxylation is 1. The van der Waals surface area contributed by atoms with E-state index in [4.69, 9.17) is 11.6 Å². The highest BCUT2D eigenvalue weighted by atomic mass is 79.9. The average Bonchev–Trinajstić information content (AvgIpc) is 2.89. The second-order valence-electron chi connectivity index (χ2n) is 5.53. The van der Waals surface area contributed by atoms with Gasteiger partial charge in [0.15, 0.2) is 5.82 Å². The van der Waals surface area contributed by atoms with Crippen molar-refractivity contribution in [1.29, 1.82) is 0 Å². The maximum Gasteiger partial charge on any atom is 0.263 e. The maximum absolute atomic E-state index is 12.5. The first kappa shape index (κ1) is 18.0. The Hall–Kier alpha value is -1.83. The summed E-state index contributed by atoms with van der Waals surface area (Å²) in [6.45, 7) is 2.33. The summed E-state index contributed by atoms with van der Waals surface area (Å²) in [4.78, 5) is 0.186. The smallest absolute Gasteiger partial charge is 0.263 e. The Labute approximate surface area is 159 Å². The molecule has 0 bridgehead atoms. The zero-order valence-electron chi connectivity index (χ0n) is 13.3. The van der Waals surface area contributed by atoms with E-state index in [2.05, 4.69) is 25.8 Å². The average molecular weight is 441 g/mol. The van der Waals surface area contributed by atoms with Crippen LogP contribution in [0.25, 0.3) is 0 Å². The monoisotopic (exact) mass is 439 g/mol. The van der Waals surface area contributed by atoms with Crippen LogP contribution in [0.4, 0.5) is 5.82 Å². The molecule has 0 unspecified atom stereocenters. The third kappa shape index (κ3) is 4.23. The van der Waals surface area contributed by atoms with E-state index in [9.17, 15) is 8.42 Å². The molecule has 130 valence electrons. The Morgan fingerprint density at radius 1 is 1.16 bits per heavy atom. The van der Waals surface area contributed by atoms with Gasteiger partial charge < -0.3 is 0 Å². The summed E-state index contributed by atoms with van der Waals surface area (Å²) in [5.74, 6) is 0.229. The van der Waals surface area contributed by atoms with Crippen LogP contribution in [0.1, 0.15) is 11.1 Å². The van der Waals surface area contributed by atoms with E-state index in [1.54, 1.807) is 41.2 Å². The summed E-state index contributed by atoms with van der Waals surface area (Å²) in [6, 6.07) is 14.1. The summed E-state index contributed by atoms with van der Waals surface area (Å²) in [6.07, 6.45) is 1.70. The predicted molar refractivity (Wildman–Crippen MR) is 102 cm³/mol. The summed E-state index contributed by atoms with van der Waals surface area (Å²) in [7, 11) is -3.70. The molecule has 0 aliphatic carbocycles. The molecule has 1 heterocycles. The zero-order chi connectivity index (χ0) is 18.0. The van der Waals surface area contributed by atoms with Gasteiger partial charge in [0.2, 0.25) is 0 Å². The Bertz CT molecular complexity index is 1000. The fourth-order valence-electron chi connectivity index (χ4n) is 2.25. The number of nitrogens with zero attached hydrogens (tertiary/aromatic N) is 2. The minimum atomic E-state index is -3.70. The highest BCUT2D eigenvalue weighted by Crippen LogP contribution is 2.25. The van der Waals surface area contributed by atoms with Gasteiger partial charge >= 0.3 is 0 Å². The molecule has 0 aliphatic heterocycles. The lowest BCUT2D eigenvalue weighted by atomic mass is 10.2. The fraction of sp³-hybridized carbons (Fsp3) is 0.118. The van der Waals surface area contributed by atoms with Gasteiger partial charge in [-0.2, -0.15) is 5.10 Å². The maximum atomic E-state index is 12.5. The molecule has 0 amide bonds. The van der Waals surface area contributed by atoms with E-state index in [0.29, 0.717) is 16.0 Å². The van der Waals surface area contributed by atoms with Crippen LogP contribution in [0.15, 0.2) is 64.1 Å².